The van der Waals surface area contributed by atoms with Crippen LogP contribution in [0.3, 0.4) is 0 Å². The van der Waals surface area contributed by atoms with Crippen molar-refractivity contribution in [1.82, 2.24) is 16.0 Å². The third kappa shape index (κ3) is 10.6. The lowest BCUT2D eigenvalue weighted by Crippen LogP contribution is -2.58. The summed E-state index contributed by atoms with van der Waals surface area (Å²) in [5.74, 6) is -2.56. The lowest BCUT2D eigenvalue weighted by Gasteiger charge is -2.26. The number of benzene rings is 1. The summed E-state index contributed by atoms with van der Waals surface area (Å²) in [5, 5.41) is 17.4. The molecular formula is C24H38N4O5S. The van der Waals surface area contributed by atoms with Gasteiger partial charge in [0.15, 0.2) is 0 Å². The Morgan fingerprint density at radius 1 is 0.824 bits per heavy atom. The molecule has 6 N–H and O–H groups in total. The number of carboxylic acids is 1. The van der Waals surface area contributed by atoms with Crippen LogP contribution >= 0.6 is 12.6 Å². The Labute approximate surface area is 207 Å². The minimum atomic E-state index is -1.14. The van der Waals surface area contributed by atoms with Gasteiger partial charge in [0, 0.05) is 12.2 Å². The Kier molecular flexibility index (Phi) is 12.7. The summed E-state index contributed by atoms with van der Waals surface area (Å²) in [6, 6.07) is 5.19. The van der Waals surface area contributed by atoms with Crippen molar-refractivity contribution in [3.8, 4) is 0 Å². The largest absolute Gasteiger partial charge is 0.480 e. The molecule has 0 bridgehead atoms. The molecule has 3 amide bonds. The third-order valence-electron chi connectivity index (χ3n) is 5.11. The number of nitrogens with two attached hydrogens (primary N) is 1. The summed E-state index contributed by atoms with van der Waals surface area (Å²) < 4.78 is 0. The number of thiol groups is 1. The van der Waals surface area contributed by atoms with E-state index >= 15 is 0 Å². The van der Waals surface area contributed by atoms with Crippen LogP contribution in [0.1, 0.15) is 46.1 Å². The average molecular weight is 495 g/mol. The number of amides is 3. The molecule has 1 aromatic carbocycles. The standard InChI is InChI=1S/C24H38N4O5S/c1-14(2)10-18(26-21(29)17(25)13-34)22(30)27-19(12-16-8-6-5-7-9-16)23(31)28-20(24(32)33)11-15(3)4/h5-9,14-15,17-20,34H,10-13,25H2,1-4H3,(H,26,29)(H,27,30)(H,28,31)(H,32,33). The van der Waals surface area contributed by atoms with Crippen LogP contribution in [0.25, 0.3) is 0 Å². The molecule has 0 spiro atoms. The molecule has 0 saturated heterocycles. The molecule has 1 rings (SSSR count). The van der Waals surface area contributed by atoms with E-state index < -0.39 is 47.9 Å². The average Bonchev–Trinajstić information content (AvgIpc) is 2.76. The highest BCUT2D eigenvalue weighted by atomic mass is 32.1. The molecule has 4 atom stereocenters. The molecular weight excluding hydrogens is 456 g/mol. The maximum atomic E-state index is 13.1. The molecule has 0 aromatic heterocycles. The Hall–Kier alpha value is -2.59. The minimum Gasteiger partial charge on any atom is -0.480 e. The van der Waals surface area contributed by atoms with Gasteiger partial charge in [-0.2, -0.15) is 12.6 Å². The fourth-order valence-electron chi connectivity index (χ4n) is 3.36. The van der Waals surface area contributed by atoms with Crippen molar-refractivity contribution in [2.75, 3.05) is 5.75 Å². The summed E-state index contributed by atoms with van der Waals surface area (Å²) in [4.78, 5) is 50.2. The highest BCUT2D eigenvalue weighted by molar-refractivity contribution is 7.80. The molecule has 0 fully saturated rings. The van der Waals surface area contributed by atoms with E-state index in [9.17, 15) is 24.3 Å². The van der Waals surface area contributed by atoms with E-state index in [1.807, 2.05) is 58.0 Å². The van der Waals surface area contributed by atoms with E-state index in [0.29, 0.717) is 6.42 Å². The van der Waals surface area contributed by atoms with E-state index in [1.54, 1.807) is 0 Å². The highest BCUT2D eigenvalue weighted by Gasteiger charge is 2.31. The molecule has 0 heterocycles. The molecule has 0 aliphatic rings. The number of carbonyl (C=O) groups is 4. The molecule has 190 valence electrons. The summed E-state index contributed by atoms with van der Waals surface area (Å²) in [7, 11) is 0. The minimum absolute atomic E-state index is 0.0465. The van der Waals surface area contributed by atoms with E-state index in [4.69, 9.17) is 5.73 Å². The van der Waals surface area contributed by atoms with Crippen LogP contribution in [-0.4, -0.2) is 58.7 Å². The van der Waals surface area contributed by atoms with Crippen molar-refractivity contribution in [1.29, 1.82) is 0 Å². The van der Waals surface area contributed by atoms with Crippen LogP contribution in [0.2, 0.25) is 0 Å². The van der Waals surface area contributed by atoms with Crippen LogP contribution in [0.5, 0.6) is 0 Å². The second kappa shape index (κ2) is 14.6. The van der Waals surface area contributed by atoms with Gasteiger partial charge in [-0.25, -0.2) is 4.79 Å². The molecule has 0 radical (unpaired) electrons. The highest BCUT2D eigenvalue weighted by Crippen LogP contribution is 2.10. The normalized spacial score (nSPS) is 14.7. The third-order valence-corrected chi connectivity index (χ3v) is 5.50. The van der Waals surface area contributed by atoms with Crippen LogP contribution in [0.4, 0.5) is 0 Å². The maximum Gasteiger partial charge on any atom is 0.326 e. The number of aliphatic carboxylic acids is 1. The van der Waals surface area contributed by atoms with Gasteiger partial charge in [0.2, 0.25) is 17.7 Å². The van der Waals surface area contributed by atoms with Crippen molar-refractivity contribution in [2.45, 2.75) is 71.1 Å². The van der Waals surface area contributed by atoms with E-state index in [1.165, 1.54) is 0 Å². The van der Waals surface area contributed by atoms with Gasteiger partial charge in [0.25, 0.3) is 0 Å². The predicted molar refractivity (Wildman–Crippen MR) is 134 cm³/mol. The first kappa shape index (κ1) is 29.4. The van der Waals surface area contributed by atoms with Crippen molar-refractivity contribution in [3.63, 3.8) is 0 Å². The van der Waals surface area contributed by atoms with Crippen LogP contribution in [-0.2, 0) is 25.6 Å². The number of carboxylic acid groups (broad SMARTS) is 1. The Morgan fingerprint density at radius 2 is 1.29 bits per heavy atom. The van der Waals surface area contributed by atoms with Gasteiger partial charge in [-0.15, -0.1) is 0 Å². The lowest BCUT2D eigenvalue weighted by molar-refractivity contribution is -0.142. The molecule has 4 unspecified atom stereocenters. The summed E-state index contributed by atoms with van der Waals surface area (Å²) in [6.07, 6.45) is 0.743. The van der Waals surface area contributed by atoms with Gasteiger partial charge >= 0.3 is 5.97 Å². The van der Waals surface area contributed by atoms with Crippen LogP contribution in [0.15, 0.2) is 30.3 Å². The van der Waals surface area contributed by atoms with Gasteiger partial charge in [0.1, 0.15) is 18.1 Å². The number of hydrogen-bond donors (Lipinski definition) is 6. The first-order chi connectivity index (χ1) is 15.9. The smallest absolute Gasteiger partial charge is 0.326 e. The predicted octanol–water partition coefficient (Wildman–Crippen LogP) is 1.12. The van der Waals surface area contributed by atoms with Gasteiger partial charge in [-0.1, -0.05) is 58.0 Å². The van der Waals surface area contributed by atoms with Gasteiger partial charge < -0.3 is 26.8 Å². The maximum absolute atomic E-state index is 13.1. The Morgan fingerprint density at radius 3 is 1.79 bits per heavy atom. The van der Waals surface area contributed by atoms with E-state index in [0.717, 1.165) is 5.56 Å². The second-order valence-electron chi connectivity index (χ2n) is 9.26. The number of rotatable bonds is 14. The zero-order valence-electron chi connectivity index (χ0n) is 20.3. The van der Waals surface area contributed by atoms with Gasteiger partial charge in [-0.3, -0.25) is 14.4 Å². The van der Waals surface area contributed by atoms with Crippen LogP contribution in [0, 0.1) is 11.8 Å². The molecule has 0 saturated carbocycles. The van der Waals surface area contributed by atoms with Crippen LogP contribution < -0.4 is 21.7 Å². The number of carbonyl (C=O) groups excluding carboxylic acids is 3. The number of hydrogen-bond acceptors (Lipinski definition) is 6. The summed E-state index contributed by atoms with van der Waals surface area (Å²) in [5.41, 5.74) is 6.52. The number of nitrogens with one attached hydrogen (secondary N) is 3. The van der Waals surface area contributed by atoms with Crippen molar-refractivity contribution in [3.05, 3.63) is 35.9 Å². The molecule has 0 aliphatic carbocycles. The van der Waals surface area contributed by atoms with E-state index in [2.05, 4.69) is 28.6 Å². The zero-order chi connectivity index (χ0) is 25.8. The first-order valence-corrected chi connectivity index (χ1v) is 12.1. The Balaban J connectivity index is 3.11. The quantitative estimate of drug-likeness (QED) is 0.213. The molecule has 9 nitrogen and oxygen atoms in total. The van der Waals surface area contributed by atoms with Gasteiger partial charge in [-0.05, 0) is 30.2 Å². The molecule has 1 aromatic rings. The monoisotopic (exact) mass is 494 g/mol. The first-order valence-electron chi connectivity index (χ1n) is 11.5. The molecule has 10 heteroatoms. The summed E-state index contributed by atoms with van der Waals surface area (Å²) in [6.45, 7) is 7.53. The van der Waals surface area contributed by atoms with E-state index in [-0.39, 0.29) is 30.4 Å². The topological polar surface area (TPSA) is 151 Å². The molecule has 0 aliphatic heterocycles. The zero-order valence-corrected chi connectivity index (χ0v) is 21.2. The summed E-state index contributed by atoms with van der Waals surface area (Å²) >= 11 is 4.02. The second-order valence-corrected chi connectivity index (χ2v) is 9.62. The SMILES string of the molecule is CC(C)CC(NC(=O)C(Cc1ccccc1)NC(=O)C(CC(C)C)NC(=O)C(N)CS)C(=O)O. The fraction of sp³-hybridized carbons (Fsp3) is 0.583. The van der Waals surface area contributed by atoms with Crippen molar-refractivity contribution in [2.24, 2.45) is 17.6 Å². The van der Waals surface area contributed by atoms with Crippen molar-refractivity contribution >= 4 is 36.3 Å². The lowest BCUT2D eigenvalue weighted by atomic mass is 10.00. The van der Waals surface area contributed by atoms with Gasteiger partial charge in [0.05, 0.1) is 6.04 Å². The Bertz CT molecular complexity index is 819. The van der Waals surface area contributed by atoms with Crippen molar-refractivity contribution < 1.29 is 24.3 Å². The fourth-order valence-corrected chi connectivity index (χ4v) is 3.53. The molecule has 34 heavy (non-hydrogen) atoms.